The molecule has 0 bridgehead atoms. The van der Waals surface area contributed by atoms with Gasteiger partial charge in [-0.3, -0.25) is 9.59 Å². The van der Waals surface area contributed by atoms with Crippen LogP contribution in [0.1, 0.15) is 25.0 Å². The number of hydrogen-bond acceptors (Lipinski definition) is 5. The smallest absolute Gasteiger partial charge is 0.300 e. The minimum absolute atomic E-state index is 0.0332. The van der Waals surface area contributed by atoms with Crippen LogP contribution in [-0.4, -0.2) is 32.4 Å². The number of aliphatic hydroxyl groups is 2. The number of rotatable bonds is 4. The second kappa shape index (κ2) is 12.5. The molecule has 7 heteroatoms. The monoisotopic (exact) mass is 350 g/mol. The van der Waals surface area contributed by atoms with Crippen molar-refractivity contribution in [3.8, 4) is 11.5 Å². The van der Waals surface area contributed by atoms with Crippen LogP contribution in [0.2, 0.25) is 0 Å². The van der Waals surface area contributed by atoms with Gasteiger partial charge >= 0.3 is 0 Å². The molecule has 0 fully saturated rings. The van der Waals surface area contributed by atoms with Crippen LogP contribution in [0.25, 0.3) is 0 Å². The van der Waals surface area contributed by atoms with E-state index in [0.717, 1.165) is 36.5 Å². The fourth-order valence-electron chi connectivity index (χ4n) is 1.46. The van der Waals surface area contributed by atoms with Gasteiger partial charge in [0, 0.05) is 13.8 Å². The summed E-state index contributed by atoms with van der Waals surface area (Å²) in [6.07, 6.45) is 0. The van der Waals surface area contributed by atoms with Gasteiger partial charge in [-0.25, -0.2) is 0 Å². The van der Waals surface area contributed by atoms with E-state index in [1.807, 2.05) is 48.5 Å². The molecule has 0 unspecified atom stereocenters. The number of carboxylic acid groups (broad SMARTS) is 2. The summed E-state index contributed by atoms with van der Waals surface area (Å²) in [5.74, 6) is -0.224. The van der Waals surface area contributed by atoms with Crippen LogP contribution in [0.4, 0.5) is 0 Å². The highest BCUT2D eigenvalue weighted by Crippen LogP contribution is 2.22. The normalized spacial score (nSPS) is 8.96. The van der Waals surface area contributed by atoms with Crippen molar-refractivity contribution in [1.82, 2.24) is 0 Å². The third-order valence-electron chi connectivity index (χ3n) is 2.45. The van der Waals surface area contributed by atoms with Gasteiger partial charge in [-0.05, 0) is 35.4 Å². The lowest BCUT2D eigenvalue weighted by Crippen LogP contribution is -1.87. The molecule has 0 amide bonds. The summed E-state index contributed by atoms with van der Waals surface area (Å²) in [5.41, 5.74) is 1.71. The van der Waals surface area contributed by atoms with Gasteiger partial charge in [-0.15, -0.1) is 0 Å². The van der Waals surface area contributed by atoms with Crippen molar-refractivity contribution in [3.63, 3.8) is 0 Å². The van der Waals surface area contributed by atoms with Crippen LogP contribution >= 0.6 is 0 Å². The molecule has 2 rings (SSSR count). The number of hydrogen-bond donors (Lipinski definition) is 4. The SMILES string of the molecule is CC(=O)O.CC(=O)O.OCc1ccc(Oc2ccc(CO)cc2)cc1. The van der Waals surface area contributed by atoms with Crippen molar-refractivity contribution in [3.05, 3.63) is 59.7 Å². The van der Waals surface area contributed by atoms with Crippen molar-refractivity contribution in [2.45, 2.75) is 27.1 Å². The Morgan fingerprint density at radius 2 is 0.960 bits per heavy atom. The Labute approximate surface area is 145 Å². The summed E-state index contributed by atoms with van der Waals surface area (Å²) in [6.45, 7) is 2.23. The minimum atomic E-state index is -0.833. The Balaban J connectivity index is 0.000000609. The van der Waals surface area contributed by atoms with Crippen LogP contribution in [0.15, 0.2) is 48.5 Å². The van der Waals surface area contributed by atoms with E-state index in [4.69, 9.17) is 34.8 Å². The molecule has 0 atom stereocenters. The number of carboxylic acids is 2. The first-order chi connectivity index (χ1) is 11.8. The highest BCUT2D eigenvalue weighted by atomic mass is 16.5. The van der Waals surface area contributed by atoms with Crippen molar-refractivity contribution < 1.29 is 34.8 Å². The third kappa shape index (κ3) is 12.2. The van der Waals surface area contributed by atoms with E-state index in [9.17, 15) is 0 Å². The fourth-order valence-corrected chi connectivity index (χ4v) is 1.46. The number of benzene rings is 2. The van der Waals surface area contributed by atoms with Gasteiger partial charge in [0.05, 0.1) is 13.2 Å². The zero-order valence-electron chi connectivity index (χ0n) is 14.0. The van der Waals surface area contributed by atoms with Crippen molar-refractivity contribution in [1.29, 1.82) is 0 Å². The Kier molecular flexibility index (Phi) is 11.1. The Hall–Kier alpha value is -2.90. The zero-order chi connectivity index (χ0) is 19.2. The van der Waals surface area contributed by atoms with Crippen molar-refractivity contribution in [2.75, 3.05) is 0 Å². The molecule has 0 aliphatic carbocycles. The Morgan fingerprint density at radius 3 is 1.16 bits per heavy atom. The molecule has 2 aromatic carbocycles. The maximum Gasteiger partial charge on any atom is 0.300 e. The molecule has 0 aliphatic rings. The summed E-state index contributed by atoms with van der Waals surface area (Å²) in [4.78, 5) is 18.0. The minimum Gasteiger partial charge on any atom is -0.481 e. The topological polar surface area (TPSA) is 124 Å². The summed E-state index contributed by atoms with van der Waals surface area (Å²) >= 11 is 0. The first kappa shape index (κ1) is 22.1. The molecule has 7 nitrogen and oxygen atoms in total. The molecule has 0 radical (unpaired) electrons. The molecule has 0 heterocycles. The predicted octanol–water partition coefficient (Wildman–Crippen LogP) is 2.65. The van der Waals surface area contributed by atoms with Crippen LogP contribution in [-0.2, 0) is 22.8 Å². The van der Waals surface area contributed by atoms with Gasteiger partial charge in [0.1, 0.15) is 11.5 Å². The van der Waals surface area contributed by atoms with Crippen LogP contribution in [0.5, 0.6) is 11.5 Å². The maximum atomic E-state index is 9.00. The molecule has 4 N–H and O–H groups in total. The fraction of sp³-hybridized carbons (Fsp3) is 0.222. The zero-order valence-corrected chi connectivity index (χ0v) is 14.0. The van der Waals surface area contributed by atoms with Crippen LogP contribution < -0.4 is 4.74 Å². The number of ether oxygens (including phenoxy) is 1. The van der Waals surface area contributed by atoms with Gasteiger partial charge in [0.15, 0.2) is 0 Å². The lowest BCUT2D eigenvalue weighted by atomic mass is 10.2. The molecule has 2 aromatic rings. The van der Waals surface area contributed by atoms with E-state index in [2.05, 4.69) is 0 Å². The van der Waals surface area contributed by atoms with E-state index in [1.165, 1.54) is 0 Å². The molecule has 25 heavy (non-hydrogen) atoms. The van der Waals surface area contributed by atoms with Gasteiger partial charge in [0.25, 0.3) is 11.9 Å². The highest BCUT2D eigenvalue weighted by molar-refractivity contribution is 5.63. The Morgan fingerprint density at radius 1 is 0.720 bits per heavy atom. The summed E-state index contributed by atoms with van der Waals surface area (Å²) in [7, 11) is 0. The molecule has 0 spiro atoms. The molecule has 0 saturated heterocycles. The molecular formula is C18H22O7. The lowest BCUT2D eigenvalue weighted by Gasteiger charge is -2.06. The molecule has 0 saturated carbocycles. The van der Waals surface area contributed by atoms with E-state index >= 15 is 0 Å². The summed E-state index contributed by atoms with van der Waals surface area (Å²) in [6, 6.07) is 14.5. The number of aliphatic hydroxyl groups excluding tert-OH is 2. The van der Waals surface area contributed by atoms with E-state index in [1.54, 1.807) is 0 Å². The van der Waals surface area contributed by atoms with Gasteiger partial charge < -0.3 is 25.2 Å². The first-order valence-electron chi connectivity index (χ1n) is 7.25. The van der Waals surface area contributed by atoms with Crippen molar-refractivity contribution in [2.24, 2.45) is 0 Å². The molecule has 0 aromatic heterocycles. The highest BCUT2D eigenvalue weighted by Gasteiger charge is 1.98. The first-order valence-corrected chi connectivity index (χ1v) is 7.25. The third-order valence-corrected chi connectivity index (χ3v) is 2.45. The average Bonchev–Trinajstić information content (AvgIpc) is 2.55. The second-order valence-electron chi connectivity index (χ2n) is 4.74. The van der Waals surface area contributed by atoms with Crippen LogP contribution in [0, 0.1) is 0 Å². The Bertz CT molecular complexity index is 568. The standard InChI is InChI=1S/C14H14O3.2C2H4O2/c15-9-11-1-5-13(6-2-11)17-14-7-3-12(10-16)4-8-14;2*1-2(3)4/h1-8,15-16H,9-10H2;2*1H3,(H,3,4). The quantitative estimate of drug-likeness (QED) is 0.668. The van der Waals surface area contributed by atoms with Gasteiger partial charge in [-0.2, -0.15) is 0 Å². The van der Waals surface area contributed by atoms with Crippen molar-refractivity contribution >= 4 is 11.9 Å². The predicted molar refractivity (Wildman–Crippen MR) is 91.4 cm³/mol. The van der Waals surface area contributed by atoms with Crippen LogP contribution in [0.3, 0.4) is 0 Å². The summed E-state index contributed by atoms with van der Waals surface area (Å²) < 4.78 is 5.61. The molecular weight excluding hydrogens is 328 g/mol. The molecule has 0 aliphatic heterocycles. The molecule has 136 valence electrons. The van der Waals surface area contributed by atoms with E-state index in [-0.39, 0.29) is 13.2 Å². The number of carbonyl (C=O) groups is 2. The van der Waals surface area contributed by atoms with E-state index < -0.39 is 11.9 Å². The summed E-state index contributed by atoms with van der Waals surface area (Å²) in [5, 5.41) is 32.7. The van der Waals surface area contributed by atoms with Gasteiger partial charge in [0.2, 0.25) is 0 Å². The average molecular weight is 350 g/mol. The second-order valence-corrected chi connectivity index (χ2v) is 4.74. The largest absolute Gasteiger partial charge is 0.481 e. The van der Waals surface area contributed by atoms with E-state index in [0.29, 0.717) is 0 Å². The number of aliphatic carboxylic acids is 2. The van der Waals surface area contributed by atoms with Gasteiger partial charge in [-0.1, -0.05) is 24.3 Å². The maximum absolute atomic E-state index is 9.00. The lowest BCUT2D eigenvalue weighted by molar-refractivity contribution is -0.135.